The fourth-order valence-electron chi connectivity index (χ4n) is 2.48. The van der Waals surface area contributed by atoms with Crippen molar-refractivity contribution in [3.8, 4) is 11.4 Å². The Morgan fingerprint density at radius 2 is 2.08 bits per heavy atom. The molecule has 0 spiro atoms. The number of furan rings is 1. The largest absolute Gasteiger partial charge is 0.464 e. The van der Waals surface area contributed by atoms with Crippen LogP contribution in [-0.4, -0.2) is 25.8 Å². The van der Waals surface area contributed by atoms with E-state index in [0.29, 0.717) is 23.8 Å². The summed E-state index contributed by atoms with van der Waals surface area (Å²) in [5, 5.41) is 10.9. The summed E-state index contributed by atoms with van der Waals surface area (Å²) in [5.74, 6) is 1.77. The number of aromatic nitrogens is 4. The van der Waals surface area contributed by atoms with Crippen molar-refractivity contribution in [2.75, 3.05) is 5.32 Å². The molecule has 4 aromatic heterocycles. The summed E-state index contributed by atoms with van der Waals surface area (Å²) < 4.78 is 12.3. The lowest BCUT2D eigenvalue weighted by Crippen LogP contribution is -2.15. The molecule has 1 amide bonds. The SMILES string of the molecule is Cc1ccc(Cn2nccc2NC(=O)c2cc(-c3ccccn3)no2)o1. The van der Waals surface area contributed by atoms with Gasteiger partial charge in [0.2, 0.25) is 5.76 Å². The Labute approximate surface area is 148 Å². The second-order valence-corrected chi connectivity index (χ2v) is 5.63. The van der Waals surface area contributed by atoms with E-state index in [1.165, 1.54) is 0 Å². The number of amides is 1. The lowest BCUT2D eigenvalue weighted by atomic mass is 10.2. The molecule has 0 bridgehead atoms. The molecule has 26 heavy (non-hydrogen) atoms. The molecule has 4 heterocycles. The quantitative estimate of drug-likeness (QED) is 0.594. The smallest absolute Gasteiger partial charge is 0.295 e. The number of hydrogen-bond acceptors (Lipinski definition) is 6. The molecular formula is C18H15N5O3. The molecule has 0 radical (unpaired) electrons. The van der Waals surface area contributed by atoms with Crippen LogP contribution in [0.4, 0.5) is 5.82 Å². The molecular weight excluding hydrogens is 334 g/mol. The normalized spacial score (nSPS) is 10.8. The molecule has 0 aromatic carbocycles. The van der Waals surface area contributed by atoms with Crippen molar-refractivity contribution in [3.63, 3.8) is 0 Å². The molecule has 0 atom stereocenters. The fraction of sp³-hybridized carbons (Fsp3) is 0.111. The van der Waals surface area contributed by atoms with E-state index in [9.17, 15) is 4.79 Å². The zero-order chi connectivity index (χ0) is 17.9. The van der Waals surface area contributed by atoms with E-state index in [1.54, 1.807) is 41.3 Å². The van der Waals surface area contributed by atoms with Gasteiger partial charge >= 0.3 is 0 Å². The van der Waals surface area contributed by atoms with Crippen molar-refractivity contribution >= 4 is 11.7 Å². The fourth-order valence-corrected chi connectivity index (χ4v) is 2.48. The van der Waals surface area contributed by atoms with Crippen molar-refractivity contribution in [2.24, 2.45) is 0 Å². The Balaban J connectivity index is 1.49. The lowest BCUT2D eigenvalue weighted by Gasteiger charge is -2.06. The maximum atomic E-state index is 12.4. The zero-order valence-corrected chi connectivity index (χ0v) is 13.9. The predicted octanol–water partition coefficient (Wildman–Crippen LogP) is 3.14. The molecule has 4 rings (SSSR count). The monoisotopic (exact) mass is 349 g/mol. The van der Waals surface area contributed by atoms with Crippen LogP contribution in [0.5, 0.6) is 0 Å². The van der Waals surface area contributed by atoms with Crippen LogP contribution >= 0.6 is 0 Å². The average Bonchev–Trinajstić information content (AvgIpc) is 3.38. The van der Waals surface area contributed by atoms with E-state index < -0.39 is 5.91 Å². The minimum Gasteiger partial charge on any atom is -0.464 e. The number of nitrogens with one attached hydrogen (secondary N) is 1. The molecule has 0 aliphatic heterocycles. The van der Waals surface area contributed by atoms with Crippen LogP contribution < -0.4 is 5.32 Å². The zero-order valence-electron chi connectivity index (χ0n) is 13.9. The molecule has 0 unspecified atom stereocenters. The minimum absolute atomic E-state index is 0.0900. The van der Waals surface area contributed by atoms with E-state index in [4.69, 9.17) is 8.94 Å². The molecule has 0 aliphatic carbocycles. The van der Waals surface area contributed by atoms with Gasteiger partial charge in [0, 0.05) is 18.3 Å². The van der Waals surface area contributed by atoms with Crippen molar-refractivity contribution < 1.29 is 13.7 Å². The maximum absolute atomic E-state index is 12.4. The van der Waals surface area contributed by atoms with E-state index in [2.05, 4.69) is 20.6 Å². The third kappa shape index (κ3) is 3.25. The van der Waals surface area contributed by atoms with Gasteiger partial charge in [0.05, 0.1) is 11.9 Å². The molecule has 8 heteroatoms. The van der Waals surface area contributed by atoms with Gasteiger partial charge in [-0.25, -0.2) is 4.68 Å². The van der Waals surface area contributed by atoms with Crippen molar-refractivity contribution in [1.29, 1.82) is 0 Å². The second-order valence-electron chi connectivity index (χ2n) is 5.63. The number of aryl methyl sites for hydroxylation is 1. The van der Waals surface area contributed by atoms with Crippen molar-refractivity contribution in [3.05, 3.63) is 72.1 Å². The van der Waals surface area contributed by atoms with Gasteiger partial charge in [0.15, 0.2) is 0 Å². The average molecular weight is 349 g/mol. The van der Waals surface area contributed by atoms with Crippen LogP contribution in [0.25, 0.3) is 11.4 Å². The van der Waals surface area contributed by atoms with E-state index in [-0.39, 0.29) is 5.76 Å². The molecule has 0 saturated heterocycles. The van der Waals surface area contributed by atoms with E-state index in [1.807, 2.05) is 25.1 Å². The number of hydrogen-bond donors (Lipinski definition) is 1. The van der Waals surface area contributed by atoms with Crippen molar-refractivity contribution in [1.82, 2.24) is 19.9 Å². The molecule has 4 aromatic rings. The van der Waals surface area contributed by atoms with Crippen LogP contribution in [0.1, 0.15) is 22.1 Å². The van der Waals surface area contributed by atoms with Crippen LogP contribution in [0.3, 0.4) is 0 Å². The number of carbonyl (C=O) groups is 1. The van der Waals surface area contributed by atoms with Crippen LogP contribution in [-0.2, 0) is 6.54 Å². The summed E-state index contributed by atoms with van der Waals surface area (Å²) in [6, 6.07) is 12.4. The highest BCUT2D eigenvalue weighted by molar-refractivity contribution is 6.02. The lowest BCUT2D eigenvalue weighted by molar-refractivity contribution is 0.0987. The first-order chi connectivity index (χ1) is 12.7. The van der Waals surface area contributed by atoms with Crippen LogP contribution in [0, 0.1) is 6.92 Å². The van der Waals surface area contributed by atoms with Crippen LogP contribution in [0.2, 0.25) is 0 Å². The van der Waals surface area contributed by atoms with Gasteiger partial charge < -0.3 is 14.3 Å². The third-order valence-electron chi connectivity index (χ3n) is 3.72. The number of rotatable bonds is 5. The molecule has 0 aliphatic rings. The topological polar surface area (TPSA) is 99.0 Å². The highest BCUT2D eigenvalue weighted by atomic mass is 16.5. The highest BCUT2D eigenvalue weighted by Gasteiger charge is 2.17. The Kier molecular flexibility index (Phi) is 4.06. The first-order valence-corrected chi connectivity index (χ1v) is 7.95. The van der Waals surface area contributed by atoms with Gasteiger partial charge in [-0.15, -0.1) is 0 Å². The second kappa shape index (κ2) is 6.67. The Morgan fingerprint density at radius 3 is 2.85 bits per heavy atom. The standard InChI is InChI=1S/C18H15N5O3/c1-12-5-6-13(25-12)11-23-17(7-9-20-23)21-18(24)16-10-15(22-26-16)14-4-2-3-8-19-14/h2-10H,11H2,1H3,(H,21,24). The summed E-state index contributed by atoms with van der Waals surface area (Å²) in [4.78, 5) is 16.6. The maximum Gasteiger partial charge on any atom is 0.295 e. The van der Waals surface area contributed by atoms with Gasteiger partial charge in [-0.2, -0.15) is 5.10 Å². The molecule has 8 nitrogen and oxygen atoms in total. The number of nitrogens with zero attached hydrogens (tertiary/aromatic N) is 4. The first-order valence-electron chi connectivity index (χ1n) is 7.95. The summed E-state index contributed by atoms with van der Waals surface area (Å²) in [5.41, 5.74) is 1.13. The van der Waals surface area contributed by atoms with Gasteiger partial charge in [-0.1, -0.05) is 11.2 Å². The van der Waals surface area contributed by atoms with Gasteiger partial charge in [0.1, 0.15) is 29.6 Å². The summed E-state index contributed by atoms with van der Waals surface area (Å²) in [6.45, 7) is 2.28. The van der Waals surface area contributed by atoms with Gasteiger partial charge in [-0.3, -0.25) is 9.78 Å². The Hall–Kier alpha value is -3.68. The van der Waals surface area contributed by atoms with E-state index >= 15 is 0 Å². The molecule has 130 valence electrons. The Bertz CT molecular complexity index is 1030. The first kappa shape index (κ1) is 15.8. The van der Waals surface area contributed by atoms with Crippen LogP contribution in [0.15, 0.2) is 63.8 Å². The van der Waals surface area contributed by atoms with E-state index in [0.717, 1.165) is 11.5 Å². The predicted molar refractivity (Wildman–Crippen MR) is 92.5 cm³/mol. The molecule has 1 N–H and O–H groups in total. The molecule has 0 fully saturated rings. The number of pyridine rings is 1. The van der Waals surface area contributed by atoms with Gasteiger partial charge in [-0.05, 0) is 31.2 Å². The highest BCUT2D eigenvalue weighted by Crippen LogP contribution is 2.18. The summed E-state index contributed by atoms with van der Waals surface area (Å²) >= 11 is 0. The Morgan fingerprint density at radius 1 is 1.15 bits per heavy atom. The molecule has 0 saturated carbocycles. The van der Waals surface area contributed by atoms with Crippen molar-refractivity contribution in [2.45, 2.75) is 13.5 Å². The summed E-state index contributed by atoms with van der Waals surface area (Å²) in [7, 11) is 0. The minimum atomic E-state index is -0.419. The summed E-state index contributed by atoms with van der Waals surface area (Å²) in [6.07, 6.45) is 3.25. The number of carbonyl (C=O) groups excluding carboxylic acids is 1. The van der Waals surface area contributed by atoms with Gasteiger partial charge in [0.25, 0.3) is 5.91 Å². The third-order valence-corrected chi connectivity index (χ3v) is 3.72. The number of anilines is 1.